The molecule has 2 aliphatic heterocycles. The van der Waals surface area contributed by atoms with E-state index < -0.39 is 12.0 Å². The van der Waals surface area contributed by atoms with Gasteiger partial charge in [0.25, 0.3) is 5.91 Å². The van der Waals surface area contributed by atoms with Gasteiger partial charge in [-0.05, 0) is 43.2 Å². The van der Waals surface area contributed by atoms with Crippen LogP contribution >= 0.6 is 0 Å². The molecule has 2 fully saturated rings. The first kappa shape index (κ1) is 16.8. The number of rotatable bonds is 4. The van der Waals surface area contributed by atoms with Gasteiger partial charge in [-0.3, -0.25) is 14.4 Å². The summed E-state index contributed by atoms with van der Waals surface area (Å²) in [6, 6.07) is 17.0. The van der Waals surface area contributed by atoms with Gasteiger partial charge in [-0.15, -0.1) is 0 Å². The summed E-state index contributed by atoms with van der Waals surface area (Å²) in [6.07, 6.45) is 0.947. The maximum absolute atomic E-state index is 13.2. The molecule has 2 heterocycles. The van der Waals surface area contributed by atoms with Crippen molar-refractivity contribution in [2.45, 2.75) is 38.8 Å². The van der Waals surface area contributed by atoms with Crippen molar-refractivity contribution in [1.82, 2.24) is 0 Å². The second kappa shape index (κ2) is 6.57. The van der Waals surface area contributed by atoms with Crippen molar-refractivity contribution in [2.24, 2.45) is 5.92 Å². The van der Waals surface area contributed by atoms with Crippen molar-refractivity contribution in [1.29, 1.82) is 0 Å². The molecule has 0 aliphatic carbocycles. The van der Waals surface area contributed by atoms with Gasteiger partial charge >= 0.3 is 0 Å². The summed E-state index contributed by atoms with van der Waals surface area (Å²) in [6.45, 7) is 4.03. The zero-order valence-corrected chi connectivity index (χ0v) is 15.0. The van der Waals surface area contributed by atoms with Crippen molar-refractivity contribution >= 4 is 23.2 Å². The van der Waals surface area contributed by atoms with Gasteiger partial charge in [0.1, 0.15) is 0 Å². The summed E-state index contributed by atoms with van der Waals surface area (Å²) < 4.78 is 0. The minimum Gasteiger partial charge on any atom is -0.273 e. The Morgan fingerprint density at radius 3 is 2.38 bits per heavy atom. The molecular formula is C21H22N2O3. The number of benzene rings is 2. The van der Waals surface area contributed by atoms with Crippen LogP contribution in [0.3, 0.4) is 0 Å². The van der Waals surface area contributed by atoms with Crippen LogP contribution in [0.2, 0.25) is 0 Å². The monoisotopic (exact) mass is 350 g/mol. The largest absolute Gasteiger partial charge is 0.273 e. The van der Waals surface area contributed by atoms with E-state index in [1.165, 1.54) is 4.90 Å². The fourth-order valence-electron chi connectivity index (χ4n) is 3.93. The van der Waals surface area contributed by atoms with Crippen LogP contribution in [0.1, 0.15) is 25.3 Å². The Kier molecular flexibility index (Phi) is 4.24. The summed E-state index contributed by atoms with van der Waals surface area (Å²) in [7, 11) is 0. The lowest BCUT2D eigenvalue weighted by atomic mass is 9.93. The lowest BCUT2D eigenvalue weighted by Crippen LogP contribution is -2.40. The normalized spacial score (nSPS) is 25.1. The maximum Gasteiger partial charge on any atom is 0.266 e. The van der Waals surface area contributed by atoms with Crippen LogP contribution in [-0.4, -0.2) is 24.0 Å². The fraction of sp³-hybridized carbons (Fsp3) is 0.333. The van der Waals surface area contributed by atoms with Crippen LogP contribution in [0, 0.1) is 12.8 Å². The Balaban J connectivity index is 1.69. The zero-order valence-electron chi connectivity index (χ0n) is 15.0. The van der Waals surface area contributed by atoms with Crippen molar-refractivity contribution in [2.75, 3.05) is 9.96 Å². The van der Waals surface area contributed by atoms with E-state index in [0.29, 0.717) is 5.69 Å². The highest BCUT2D eigenvalue weighted by Crippen LogP contribution is 2.41. The molecule has 0 aromatic heterocycles. The molecule has 0 saturated carbocycles. The number of carbonyl (C=O) groups excluding carboxylic acids is 2. The summed E-state index contributed by atoms with van der Waals surface area (Å²) in [5, 5.41) is 1.77. The predicted molar refractivity (Wildman–Crippen MR) is 99.7 cm³/mol. The smallest absolute Gasteiger partial charge is 0.266 e. The second-order valence-corrected chi connectivity index (χ2v) is 6.92. The lowest BCUT2D eigenvalue weighted by Gasteiger charge is -2.28. The summed E-state index contributed by atoms with van der Waals surface area (Å²) in [5.41, 5.74) is 2.51. The van der Waals surface area contributed by atoms with E-state index in [2.05, 4.69) is 6.92 Å². The van der Waals surface area contributed by atoms with Gasteiger partial charge < -0.3 is 0 Å². The van der Waals surface area contributed by atoms with Crippen LogP contribution in [0.4, 0.5) is 11.4 Å². The fourth-order valence-corrected chi connectivity index (χ4v) is 3.93. The number of carbonyl (C=O) groups is 2. The third-order valence-corrected chi connectivity index (χ3v) is 5.09. The third-order valence-electron chi connectivity index (χ3n) is 5.09. The molecule has 2 amide bonds. The molecule has 134 valence electrons. The molecular weight excluding hydrogens is 328 g/mol. The van der Waals surface area contributed by atoms with E-state index in [1.807, 2.05) is 55.5 Å². The van der Waals surface area contributed by atoms with Crippen LogP contribution in [0.25, 0.3) is 0 Å². The van der Waals surface area contributed by atoms with Crippen LogP contribution in [0.15, 0.2) is 54.6 Å². The lowest BCUT2D eigenvalue weighted by molar-refractivity contribution is -0.126. The van der Waals surface area contributed by atoms with Crippen LogP contribution in [0.5, 0.6) is 0 Å². The van der Waals surface area contributed by atoms with Gasteiger partial charge in [0, 0.05) is 0 Å². The summed E-state index contributed by atoms with van der Waals surface area (Å²) >= 11 is 0. The number of aryl methyl sites for hydroxylation is 1. The average molecular weight is 350 g/mol. The Bertz CT molecular complexity index is 836. The molecule has 2 aliphatic rings. The number of para-hydroxylation sites is 1. The molecule has 0 spiro atoms. The first-order chi connectivity index (χ1) is 12.6. The molecule has 3 atom stereocenters. The molecule has 2 aromatic rings. The van der Waals surface area contributed by atoms with Gasteiger partial charge in [0.15, 0.2) is 6.10 Å². The minimum atomic E-state index is -0.750. The van der Waals surface area contributed by atoms with Crippen molar-refractivity contribution in [3.63, 3.8) is 0 Å². The van der Waals surface area contributed by atoms with E-state index in [4.69, 9.17) is 4.84 Å². The number of fused-ring (bicyclic) bond motifs is 1. The molecule has 0 radical (unpaired) electrons. The second-order valence-electron chi connectivity index (χ2n) is 6.92. The van der Waals surface area contributed by atoms with E-state index in [1.54, 1.807) is 11.1 Å². The first-order valence-electron chi connectivity index (χ1n) is 9.07. The Morgan fingerprint density at radius 1 is 0.962 bits per heavy atom. The van der Waals surface area contributed by atoms with E-state index in [-0.39, 0.29) is 17.9 Å². The Labute approximate surface area is 153 Å². The SMILES string of the molecule is CCC[C@@H]1[C@H]2C(=O)N(c3cccc(C)c3)C(=O)[C@H]2ON1c1ccccc1. The van der Waals surface area contributed by atoms with E-state index >= 15 is 0 Å². The first-order valence-corrected chi connectivity index (χ1v) is 9.07. The molecule has 5 heteroatoms. The Morgan fingerprint density at radius 2 is 1.69 bits per heavy atom. The van der Waals surface area contributed by atoms with Gasteiger partial charge in [-0.2, -0.15) is 0 Å². The van der Waals surface area contributed by atoms with Crippen LogP contribution < -0.4 is 9.96 Å². The molecule has 2 saturated heterocycles. The van der Waals surface area contributed by atoms with E-state index in [0.717, 1.165) is 24.1 Å². The van der Waals surface area contributed by atoms with Crippen LogP contribution in [-0.2, 0) is 14.4 Å². The van der Waals surface area contributed by atoms with Crippen molar-refractivity contribution < 1.29 is 14.4 Å². The molecule has 4 rings (SSSR count). The molecule has 0 unspecified atom stereocenters. The number of amides is 2. The minimum absolute atomic E-state index is 0.140. The number of imide groups is 1. The molecule has 2 aromatic carbocycles. The highest BCUT2D eigenvalue weighted by atomic mass is 16.7. The number of nitrogens with zero attached hydrogens (tertiary/aromatic N) is 2. The van der Waals surface area contributed by atoms with Gasteiger partial charge in [-0.1, -0.05) is 43.7 Å². The number of hydrogen-bond donors (Lipinski definition) is 0. The third kappa shape index (κ3) is 2.59. The molecule has 5 nitrogen and oxygen atoms in total. The molecule has 0 N–H and O–H groups in total. The Hall–Kier alpha value is -2.66. The molecule has 26 heavy (non-hydrogen) atoms. The zero-order chi connectivity index (χ0) is 18.3. The predicted octanol–water partition coefficient (Wildman–Crippen LogP) is 3.47. The summed E-state index contributed by atoms with van der Waals surface area (Å²) in [5.74, 6) is -0.907. The topological polar surface area (TPSA) is 49.9 Å². The highest BCUT2D eigenvalue weighted by molar-refractivity contribution is 6.23. The maximum atomic E-state index is 13.2. The standard InChI is InChI=1S/C21H22N2O3/c1-3-8-17-18-19(26-23(17)15-10-5-4-6-11-15)21(25)22(20(18)24)16-12-7-9-14(2)13-16/h4-7,9-13,17-19H,3,8H2,1-2H3/t17-,18-,19+/m1/s1. The highest BCUT2D eigenvalue weighted by Gasteiger charge is 2.59. The quantitative estimate of drug-likeness (QED) is 0.792. The van der Waals surface area contributed by atoms with Gasteiger partial charge in [-0.25, -0.2) is 9.96 Å². The van der Waals surface area contributed by atoms with Crippen molar-refractivity contribution in [3.05, 3.63) is 60.2 Å². The number of hydrogen-bond acceptors (Lipinski definition) is 4. The van der Waals surface area contributed by atoms with Gasteiger partial charge in [0.05, 0.1) is 23.3 Å². The van der Waals surface area contributed by atoms with Gasteiger partial charge in [0.2, 0.25) is 5.91 Å². The van der Waals surface area contributed by atoms with E-state index in [9.17, 15) is 9.59 Å². The number of anilines is 2. The average Bonchev–Trinajstić information content (AvgIpc) is 3.13. The summed E-state index contributed by atoms with van der Waals surface area (Å²) in [4.78, 5) is 33.5. The number of hydroxylamine groups is 1. The molecule has 0 bridgehead atoms. The van der Waals surface area contributed by atoms with Crippen molar-refractivity contribution in [3.8, 4) is 0 Å².